The van der Waals surface area contributed by atoms with E-state index in [0.717, 1.165) is 22.6 Å². The van der Waals surface area contributed by atoms with Crippen molar-refractivity contribution in [2.75, 3.05) is 13.2 Å². The molecular formula is C26H28N2O4S2. The molecule has 8 heteroatoms. The molecule has 0 aliphatic carbocycles. The van der Waals surface area contributed by atoms with Crippen LogP contribution in [-0.2, 0) is 9.53 Å². The van der Waals surface area contributed by atoms with E-state index in [9.17, 15) is 9.59 Å². The lowest BCUT2D eigenvalue weighted by Crippen LogP contribution is -2.40. The zero-order valence-electron chi connectivity index (χ0n) is 19.7. The predicted octanol–water partition coefficient (Wildman–Crippen LogP) is 4.28. The topological polar surface area (TPSA) is 69.9 Å². The molecule has 3 aromatic rings. The van der Waals surface area contributed by atoms with Crippen molar-refractivity contribution in [2.45, 2.75) is 40.2 Å². The maximum atomic E-state index is 13.6. The van der Waals surface area contributed by atoms with Gasteiger partial charge in [0.1, 0.15) is 5.75 Å². The number of allylic oxidation sites excluding steroid dienone is 1. The van der Waals surface area contributed by atoms with Crippen molar-refractivity contribution < 1.29 is 14.3 Å². The maximum Gasteiger partial charge on any atom is 0.338 e. The summed E-state index contributed by atoms with van der Waals surface area (Å²) in [5.74, 6) is 0.504. The predicted molar refractivity (Wildman–Crippen MR) is 136 cm³/mol. The van der Waals surface area contributed by atoms with Crippen LogP contribution in [0.4, 0.5) is 0 Å². The summed E-state index contributed by atoms with van der Waals surface area (Å²) in [4.78, 5) is 33.0. The van der Waals surface area contributed by atoms with Crippen molar-refractivity contribution in [1.29, 1.82) is 0 Å². The van der Waals surface area contributed by atoms with Gasteiger partial charge in [0, 0.05) is 4.88 Å². The van der Waals surface area contributed by atoms with E-state index >= 15 is 0 Å². The number of carbonyl (C=O) groups is 1. The van der Waals surface area contributed by atoms with E-state index in [4.69, 9.17) is 9.47 Å². The van der Waals surface area contributed by atoms with Crippen molar-refractivity contribution in [3.8, 4) is 5.75 Å². The molecule has 1 aliphatic rings. The second-order valence-corrected chi connectivity index (χ2v) is 10.5. The van der Waals surface area contributed by atoms with Crippen LogP contribution >= 0.6 is 22.7 Å². The normalized spacial score (nSPS) is 15.9. The van der Waals surface area contributed by atoms with Crippen molar-refractivity contribution >= 4 is 34.7 Å². The highest BCUT2D eigenvalue weighted by molar-refractivity contribution is 7.11. The third-order valence-electron chi connectivity index (χ3n) is 5.27. The van der Waals surface area contributed by atoms with Gasteiger partial charge in [-0.05, 0) is 54.5 Å². The molecule has 178 valence electrons. The molecule has 0 N–H and O–H groups in total. The van der Waals surface area contributed by atoms with Gasteiger partial charge in [-0.3, -0.25) is 9.36 Å². The Morgan fingerprint density at radius 1 is 1.24 bits per heavy atom. The number of benzene rings is 1. The first-order valence-corrected chi connectivity index (χ1v) is 13.0. The molecule has 1 unspecified atom stereocenters. The van der Waals surface area contributed by atoms with Crippen LogP contribution in [0.25, 0.3) is 6.08 Å². The summed E-state index contributed by atoms with van der Waals surface area (Å²) in [5.41, 5.74) is 1.58. The number of hydrogen-bond acceptors (Lipinski definition) is 7. The SMILES string of the molecule is CCCOc1ccc(C2C(C(=O)OCC(C)C)=C(C)N=c3sc(=Cc4cccs4)c(=O)n32)cc1. The third kappa shape index (κ3) is 5.08. The molecule has 3 heterocycles. The molecule has 0 radical (unpaired) electrons. The number of esters is 1. The Hall–Kier alpha value is -2.97. The van der Waals surface area contributed by atoms with Gasteiger partial charge in [0.05, 0.1) is 35.1 Å². The monoisotopic (exact) mass is 496 g/mol. The van der Waals surface area contributed by atoms with Crippen LogP contribution in [0.2, 0.25) is 0 Å². The number of aromatic nitrogens is 1. The molecule has 0 amide bonds. The first kappa shape index (κ1) is 24.2. The molecule has 34 heavy (non-hydrogen) atoms. The van der Waals surface area contributed by atoms with Crippen LogP contribution in [0.3, 0.4) is 0 Å². The van der Waals surface area contributed by atoms with Crippen molar-refractivity contribution in [3.63, 3.8) is 0 Å². The summed E-state index contributed by atoms with van der Waals surface area (Å²) in [6.45, 7) is 8.76. The molecule has 1 aromatic carbocycles. The lowest BCUT2D eigenvalue weighted by atomic mass is 9.96. The Labute approximate surface area is 206 Å². The second kappa shape index (κ2) is 10.5. The largest absolute Gasteiger partial charge is 0.494 e. The summed E-state index contributed by atoms with van der Waals surface area (Å²) in [6.07, 6.45) is 2.79. The average molecular weight is 497 g/mol. The van der Waals surface area contributed by atoms with Gasteiger partial charge in [-0.1, -0.05) is 50.3 Å². The Kier molecular flexibility index (Phi) is 7.48. The van der Waals surface area contributed by atoms with E-state index in [1.807, 2.05) is 61.7 Å². The van der Waals surface area contributed by atoms with Gasteiger partial charge >= 0.3 is 5.97 Å². The average Bonchev–Trinajstić information content (AvgIpc) is 3.43. The number of ether oxygens (including phenoxy) is 2. The zero-order chi connectivity index (χ0) is 24.2. The molecule has 0 saturated heterocycles. The number of hydrogen-bond donors (Lipinski definition) is 0. The summed E-state index contributed by atoms with van der Waals surface area (Å²) in [6, 6.07) is 10.8. The van der Waals surface area contributed by atoms with E-state index in [-0.39, 0.29) is 11.5 Å². The molecule has 0 saturated carbocycles. The van der Waals surface area contributed by atoms with Gasteiger partial charge in [0.15, 0.2) is 4.80 Å². The standard InChI is InChI=1S/C26H28N2O4S2/c1-5-12-31-19-10-8-18(9-11-19)23-22(25(30)32-15-16(2)3)17(4)27-26-28(23)24(29)21(34-26)14-20-7-6-13-33-20/h6-11,13-14,16,23H,5,12,15H2,1-4H3. The van der Waals surface area contributed by atoms with Crippen LogP contribution in [0.1, 0.15) is 50.6 Å². The molecule has 0 spiro atoms. The highest BCUT2D eigenvalue weighted by Crippen LogP contribution is 2.31. The van der Waals surface area contributed by atoms with Gasteiger partial charge in [0.2, 0.25) is 0 Å². The number of thiazole rings is 1. The van der Waals surface area contributed by atoms with Crippen LogP contribution < -0.4 is 19.6 Å². The van der Waals surface area contributed by atoms with Crippen molar-refractivity contribution in [1.82, 2.24) is 4.57 Å². The van der Waals surface area contributed by atoms with Gasteiger partial charge < -0.3 is 9.47 Å². The molecule has 6 nitrogen and oxygen atoms in total. The summed E-state index contributed by atoms with van der Waals surface area (Å²) in [5, 5.41) is 1.97. The zero-order valence-corrected chi connectivity index (χ0v) is 21.4. The molecule has 4 rings (SSSR count). The fourth-order valence-electron chi connectivity index (χ4n) is 3.69. The van der Waals surface area contributed by atoms with E-state index in [2.05, 4.69) is 11.9 Å². The number of thiophene rings is 1. The molecular weight excluding hydrogens is 468 g/mol. The maximum absolute atomic E-state index is 13.6. The molecule has 0 bridgehead atoms. The van der Waals surface area contributed by atoms with E-state index in [0.29, 0.717) is 33.8 Å². The minimum Gasteiger partial charge on any atom is -0.494 e. The number of carbonyl (C=O) groups excluding carboxylic acids is 1. The summed E-state index contributed by atoms with van der Waals surface area (Å²) >= 11 is 2.90. The van der Waals surface area contributed by atoms with Gasteiger partial charge in [0.25, 0.3) is 5.56 Å². The van der Waals surface area contributed by atoms with Crippen molar-refractivity contribution in [3.05, 3.63) is 83.2 Å². The van der Waals surface area contributed by atoms with Crippen LogP contribution in [-0.4, -0.2) is 23.8 Å². The third-order valence-corrected chi connectivity index (χ3v) is 7.08. The van der Waals surface area contributed by atoms with Crippen LogP contribution in [0.5, 0.6) is 5.75 Å². The Morgan fingerprint density at radius 2 is 2.00 bits per heavy atom. The lowest BCUT2D eigenvalue weighted by molar-refractivity contribution is -0.140. The van der Waals surface area contributed by atoms with Gasteiger partial charge in [-0.25, -0.2) is 9.79 Å². The lowest BCUT2D eigenvalue weighted by Gasteiger charge is -2.25. The molecule has 0 fully saturated rings. The van der Waals surface area contributed by atoms with Gasteiger partial charge in [-0.2, -0.15) is 0 Å². The first-order chi connectivity index (χ1) is 16.4. The summed E-state index contributed by atoms with van der Waals surface area (Å²) < 4.78 is 13.5. The fourth-order valence-corrected chi connectivity index (χ4v) is 5.46. The Bertz CT molecular complexity index is 1360. The Morgan fingerprint density at radius 3 is 2.65 bits per heavy atom. The van der Waals surface area contributed by atoms with Crippen LogP contribution in [0.15, 0.2) is 62.8 Å². The van der Waals surface area contributed by atoms with E-state index in [1.165, 1.54) is 11.3 Å². The highest BCUT2D eigenvalue weighted by atomic mass is 32.1. The highest BCUT2D eigenvalue weighted by Gasteiger charge is 2.33. The van der Waals surface area contributed by atoms with Crippen molar-refractivity contribution in [2.24, 2.45) is 10.9 Å². The minimum absolute atomic E-state index is 0.171. The smallest absolute Gasteiger partial charge is 0.338 e. The molecule has 1 atom stereocenters. The quantitative estimate of drug-likeness (QED) is 0.437. The minimum atomic E-state index is -0.623. The second-order valence-electron chi connectivity index (χ2n) is 8.51. The van der Waals surface area contributed by atoms with E-state index < -0.39 is 12.0 Å². The molecule has 1 aliphatic heterocycles. The molecule has 2 aromatic heterocycles. The Balaban J connectivity index is 1.84. The van der Waals surface area contributed by atoms with E-state index in [1.54, 1.807) is 22.8 Å². The van der Waals surface area contributed by atoms with Gasteiger partial charge in [-0.15, -0.1) is 11.3 Å². The van der Waals surface area contributed by atoms with Crippen LogP contribution in [0, 0.1) is 5.92 Å². The number of nitrogens with zero attached hydrogens (tertiary/aromatic N) is 2. The number of fused-ring (bicyclic) bond motifs is 1. The summed E-state index contributed by atoms with van der Waals surface area (Å²) in [7, 11) is 0. The fraction of sp³-hybridized carbons (Fsp3) is 0.346. The first-order valence-electron chi connectivity index (χ1n) is 11.3. The number of rotatable bonds is 8.